The normalized spacial score (nSPS) is 16.6. The van der Waals surface area contributed by atoms with Crippen LogP contribution in [0.5, 0.6) is 23.0 Å². The Hall–Kier alpha value is -3.54. The van der Waals surface area contributed by atoms with Crippen molar-refractivity contribution in [2.75, 3.05) is 54.1 Å². The number of methoxy groups -OCH3 is 5. The molecular formula is C25H28N2O8S. The molecule has 0 radical (unpaired) electrons. The molecule has 2 atom stereocenters. The second-order valence-electron chi connectivity index (χ2n) is 7.77. The molecule has 1 amide bonds. The average molecular weight is 517 g/mol. The van der Waals surface area contributed by atoms with Crippen LogP contribution in [0, 0.1) is 0 Å². The number of ether oxygens (including phenoxy) is 7. The quantitative estimate of drug-likeness (QED) is 0.418. The number of nitrogens with one attached hydrogen (secondary N) is 1. The summed E-state index contributed by atoms with van der Waals surface area (Å²) in [5, 5.41) is 2.75. The molecule has 3 aromatic rings. The van der Waals surface area contributed by atoms with Gasteiger partial charge in [0.15, 0.2) is 11.5 Å². The average Bonchev–Trinajstić information content (AvgIpc) is 3.37. The third-order valence-electron chi connectivity index (χ3n) is 5.82. The van der Waals surface area contributed by atoms with Crippen LogP contribution < -0.4 is 24.3 Å². The lowest BCUT2D eigenvalue weighted by Crippen LogP contribution is -2.49. The summed E-state index contributed by atoms with van der Waals surface area (Å²) >= 11 is 1.33. The molecule has 1 aromatic heterocycles. The molecule has 2 heterocycles. The van der Waals surface area contributed by atoms with E-state index in [2.05, 4.69) is 9.69 Å². The summed E-state index contributed by atoms with van der Waals surface area (Å²) in [6, 6.07) is 9.22. The number of carbonyl (C=O) groups is 1. The van der Waals surface area contributed by atoms with E-state index in [0.717, 1.165) is 21.6 Å². The van der Waals surface area contributed by atoms with Gasteiger partial charge >= 0.3 is 6.09 Å². The highest BCUT2D eigenvalue weighted by Gasteiger charge is 2.33. The van der Waals surface area contributed by atoms with Gasteiger partial charge in [0, 0.05) is 24.4 Å². The first-order valence-electron chi connectivity index (χ1n) is 11.0. The molecule has 192 valence electrons. The Morgan fingerprint density at radius 1 is 1.00 bits per heavy atom. The van der Waals surface area contributed by atoms with Gasteiger partial charge in [0.05, 0.1) is 45.6 Å². The standard InChI is InChI=1S/C25H28N2O8S/c1-29-18-7-6-14(8-17(18)27-25(28)35-13-22-21(32-4)12-34-22)16-11-26-36-24(16)15-9-19(30-2)23(33-5)20(10-15)31-3/h6-11,21-22H,12-13H2,1-5H3,(H,27,28). The second kappa shape index (κ2) is 11.5. The first-order valence-corrected chi connectivity index (χ1v) is 11.8. The highest BCUT2D eigenvalue weighted by Crippen LogP contribution is 2.45. The molecule has 4 rings (SSSR count). The van der Waals surface area contributed by atoms with Gasteiger partial charge in [0.1, 0.15) is 24.6 Å². The zero-order valence-corrected chi connectivity index (χ0v) is 21.5. The molecule has 1 saturated heterocycles. The summed E-state index contributed by atoms with van der Waals surface area (Å²) in [6.45, 7) is 0.580. The molecular weight excluding hydrogens is 488 g/mol. The third kappa shape index (κ3) is 5.18. The molecule has 0 saturated carbocycles. The van der Waals surface area contributed by atoms with E-state index in [1.54, 1.807) is 40.7 Å². The Morgan fingerprint density at radius 3 is 2.31 bits per heavy atom. The molecule has 1 fully saturated rings. The molecule has 2 unspecified atom stereocenters. The summed E-state index contributed by atoms with van der Waals surface area (Å²) < 4.78 is 42.2. The monoisotopic (exact) mass is 516 g/mol. The maximum Gasteiger partial charge on any atom is 0.411 e. The van der Waals surface area contributed by atoms with Crippen LogP contribution in [-0.4, -0.2) is 71.4 Å². The SMILES string of the molecule is COc1ccc(-c2cnsc2-c2cc(OC)c(OC)c(OC)c2)cc1NC(=O)OCC1OCC1OC. The summed E-state index contributed by atoms with van der Waals surface area (Å²) in [6.07, 6.45) is 0.803. The highest BCUT2D eigenvalue weighted by atomic mass is 32.1. The highest BCUT2D eigenvalue weighted by molar-refractivity contribution is 7.10. The Labute approximate surface area is 213 Å². The fourth-order valence-electron chi connectivity index (χ4n) is 3.83. The molecule has 2 aromatic carbocycles. The van der Waals surface area contributed by atoms with Gasteiger partial charge in [-0.1, -0.05) is 6.07 Å². The molecule has 0 bridgehead atoms. The van der Waals surface area contributed by atoms with Crippen LogP contribution in [0.25, 0.3) is 21.6 Å². The lowest BCUT2D eigenvalue weighted by atomic mass is 10.0. The number of rotatable bonds is 10. The fraction of sp³-hybridized carbons (Fsp3) is 0.360. The van der Waals surface area contributed by atoms with Crippen LogP contribution >= 0.6 is 11.5 Å². The summed E-state index contributed by atoms with van der Waals surface area (Å²) in [7, 11) is 7.83. The molecule has 0 aliphatic carbocycles. The van der Waals surface area contributed by atoms with Gasteiger partial charge in [0.25, 0.3) is 0 Å². The zero-order valence-electron chi connectivity index (χ0n) is 20.7. The molecule has 36 heavy (non-hydrogen) atoms. The van der Waals surface area contributed by atoms with Crippen molar-refractivity contribution in [2.24, 2.45) is 0 Å². The Bertz CT molecular complexity index is 1190. The van der Waals surface area contributed by atoms with E-state index in [1.807, 2.05) is 24.3 Å². The van der Waals surface area contributed by atoms with Gasteiger partial charge in [-0.25, -0.2) is 4.79 Å². The number of carbonyl (C=O) groups excluding carboxylic acids is 1. The van der Waals surface area contributed by atoms with Gasteiger partial charge in [0.2, 0.25) is 5.75 Å². The summed E-state index contributed by atoms with van der Waals surface area (Å²) in [4.78, 5) is 13.4. The van der Waals surface area contributed by atoms with Crippen LogP contribution in [0.4, 0.5) is 10.5 Å². The van der Waals surface area contributed by atoms with E-state index in [1.165, 1.54) is 18.6 Å². The lowest BCUT2D eigenvalue weighted by Gasteiger charge is -2.34. The van der Waals surface area contributed by atoms with Crippen molar-refractivity contribution in [3.63, 3.8) is 0 Å². The number of anilines is 1. The summed E-state index contributed by atoms with van der Waals surface area (Å²) in [5.74, 6) is 2.07. The van der Waals surface area contributed by atoms with Crippen LogP contribution in [0.3, 0.4) is 0 Å². The third-order valence-corrected chi connectivity index (χ3v) is 6.66. The van der Waals surface area contributed by atoms with E-state index in [0.29, 0.717) is 35.3 Å². The first kappa shape index (κ1) is 25.5. The van der Waals surface area contributed by atoms with Crippen molar-refractivity contribution in [3.8, 4) is 44.6 Å². The van der Waals surface area contributed by atoms with E-state index >= 15 is 0 Å². The second-order valence-corrected chi connectivity index (χ2v) is 8.57. The number of hydrogen-bond acceptors (Lipinski definition) is 10. The number of nitrogens with zero attached hydrogens (tertiary/aromatic N) is 1. The molecule has 1 aliphatic heterocycles. The Morgan fingerprint density at radius 2 is 1.72 bits per heavy atom. The topological polar surface area (TPSA) is 107 Å². The Balaban J connectivity index is 1.60. The number of amides is 1. The number of benzene rings is 2. The van der Waals surface area contributed by atoms with Crippen molar-refractivity contribution >= 4 is 23.3 Å². The van der Waals surface area contributed by atoms with Crippen LogP contribution in [0.2, 0.25) is 0 Å². The molecule has 11 heteroatoms. The van der Waals surface area contributed by atoms with Gasteiger partial charge in [-0.05, 0) is 41.4 Å². The predicted octanol–water partition coefficient (Wildman–Crippen LogP) is 4.47. The first-order chi connectivity index (χ1) is 17.5. The van der Waals surface area contributed by atoms with E-state index < -0.39 is 6.09 Å². The van der Waals surface area contributed by atoms with Crippen molar-refractivity contribution in [1.29, 1.82) is 0 Å². The zero-order chi connectivity index (χ0) is 25.7. The molecule has 0 spiro atoms. The van der Waals surface area contributed by atoms with Gasteiger partial charge in [-0.3, -0.25) is 5.32 Å². The van der Waals surface area contributed by atoms with Crippen molar-refractivity contribution in [3.05, 3.63) is 36.5 Å². The van der Waals surface area contributed by atoms with Crippen LogP contribution in [-0.2, 0) is 14.2 Å². The van der Waals surface area contributed by atoms with E-state index in [-0.39, 0.29) is 18.8 Å². The van der Waals surface area contributed by atoms with Gasteiger partial charge in [-0.15, -0.1) is 0 Å². The lowest BCUT2D eigenvalue weighted by molar-refractivity contribution is -0.188. The molecule has 10 nitrogen and oxygen atoms in total. The number of aromatic nitrogens is 1. The minimum Gasteiger partial charge on any atom is -0.495 e. The van der Waals surface area contributed by atoms with Crippen molar-refractivity contribution in [2.45, 2.75) is 12.2 Å². The molecule has 1 N–H and O–H groups in total. The smallest absolute Gasteiger partial charge is 0.411 e. The van der Waals surface area contributed by atoms with Crippen molar-refractivity contribution < 1.29 is 38.0 Å². The fourth-order valence-corrected chi connectivity index (χ4v) is 4.58. The van der Waals surface area contributed by atoms with Gasteiger partial charge < -0.3 is 33.2 Å². The van der Waals surface area contributed by atoms with E-state index in [4.69, 9.17) is 33.2 Å². The van der Waals surface area contributed by atoms with Crippen LogP contribution in [0.15, 0.2) is 36.5 Å². The maximum atomic E-state index is 12.5. The van der Waals surface area contributed by atoms with E-state index in [9.17, 15) is 4.79 Å². The van der Waals surface area contributed by atoms with Gasteiger partial charge in [-0.2, -0.15) is 4.37 Å². The van der Waals surface area contributed by atoms with Crippen molar-refractivity contribution in [1.82, 2.24) is 4.37 Å². The molecule has 1 aliphatic rings. The number of hydrogen-bond donors (Lipinski definition) is 1. The minimum absolute atomic E-state index is 0.0737. The summed E-state index contributed by atoms with van der Waals surface area (Å²) in [5.41, 5.74) is 2.99. The Kier molecular flexibility index (Phi) is 8.14. The maximum absolute atomic E-state index is 12.5. The van der Waals surface area contributed by atoms with Crippen LogP contribution in [0.1, 0.15) is 0 Å². The largest absolute Gasteiger partial charge is 0.495 e. The predicted molar refractivity (Wildman–Crippen MR) is 135 cm³/mol. The minimum atomic E-state index is -0.621.